The average Bonchev–Trinajstić information content (AvgIpc) is 2.37. The molecule has 0 radical (unpaired) electrons. The first-order valence-electron chi connectivity index (χ1n) is 5.52. The summed E-state index contributed by atoms with van der Waals surface area (Å²) in [7, 11) is -4.19. The van der Waals surface area contributed by atoms with E-state index in [1.165, 1.54) is 6.20 Å². The first-order valence-corrected chi connectivity index (χ1v) is 7.07. The summed E-state index contributed by atoms with van der Waals surface area (Å²) in [6.07, 6.45) is 2.09. The van der Waals surface area contributed by atoms with Crippen molar-refractivity contribution in [2.24, 2.45) is 5.14 Å². The fourth-order valence-corrected chi connectivity index (χ4v) is 2.16. The summed E-state index contributed by atoms with van der Waals surface area (Å²) in [5, 5.41) is 7.04. The summed E-state index contributed by atoms with van der Waals surface area (Å²) >= 11 is 0. The van der Waals surface area contributed by atoms with Gasteiger partial charge in [0, 0.05) is 11.9 Å². The first-order chi connectivity index (χ1) is 9.79. The lowest BCUT2D eigenvalue weighted by molar-refractivity contribution is 0.102. The summed E-state index contributed by atoms with van der Waals surface area (Å²) in [6, 6.07) is 3.97. The Morgan fingerprint density at radius 1 is 1.19 bits per heavy atom. The van der Waals surface area contributed by atoms with Gasteiger partial charge in [-0.1, -0.05) is 0 Å². The van der Waals surface area contributed by atoms with Crippen LogP contribution in [-0.4, -0.2) is 19.3 Å². The average molecular weight is 313 g/mol. The number of benzene rings is 1. The Morgan fingerprint density at radius 3 is 2.48 bits per heavy atom. The van der Waals surface area contributed by atoms with Gasteiger partial charge < -0.3 is 5.32 Å². The smallest absolute Gasteiger partial charge is 0.258 e. The van der Waals surface area contributed by atoms with Crippen LogP contribution in [0.3, 0.4) is 0 Å². The summed E-state index contributed by atoms with van der Waals surface area (Å²) in [6.45, 7) is 0. The molecule has 0 bridgehead atoms. The fourth-order valence-electron chi connectivity index (χ4n) is 1.57. The Bertz CT molecular complexity index is 809. The van der Waals surface area contributed by atoms with Gasteiger partial charge in [-0.3, -0.25) is 9.78 Å². The van der Waals surface area contributed by atoms with Gasteiger partial charge in [0.15, 0.2) is 5.82 Å². The Kier molecular flexibility index (Phi) is 3.96. The van der Waals surface area contributed by atoms with Crippen molar-refractivity contribution in [2.75, 3.05) is 5.32 Å². The van der Waals surface area contributed by atoms with Gasteiger partial charge in [-0.05, 0) is 24.3 Å². The molecule has 1 heterocycles. The molecular formula is C12H9F2N3O3S. The van der Waals surface area contributed by atoms with Gasteiger partial charge in [0.05, 0.1) is 11.8 Å². The van der Waals surface area contributed by atoms with Gasteiger partial charge in [0.2, 0.25) is 10.0 Å². The molecule has 0 aliphatic heterocycles. The predicted molar refractivity (Wildman–Crippen MR) is 69.9 cm³/mol. The number of carbonyl (C=O) groups excluding carboxylic acids is 1. The molecule has 1 amide bonds. The van der Waals surface area contributed by atoms with E-state index in [-0.39, 0.29) is 11.3 Å². The molecule has 6 nitrogen and oxygen atoms in total. The molecule has 9 heteroatoms. The minimum absolute atomic E-state index is 0.0406. The standard InChI is InChI=1S/C12H9F2N3O3S/c13-9-5-7(1-2-11(9)21(15,19)20)17-12(18)8-3-4-16-6-10(8)14/h1-6H,(H,17,18)(H2,15,19,20). The van der Waals surface area contributed by atoms with Crippen molar-refractivity contribution in [3.8, 4) is 0 Å². The second-order valence-corrected chi connectivity index (χ2v) is 5.53. The maximum atomic E-state index is 13.6. The number of amides is 1. The molecule has 110 valence electrons. The largest absolute Gasteiger partial charge is 0.322 e. The highest BCUT2D eigenvalue weighted by Gasteiger charge is 2.16. The highest BCUT2D eigenvalue weighted by Crippen LogP contribution is 2.18. The number of carbonyl (C=O) groups is 1. The predicted octanol–water partition coefficient (Wildman–Crippen LogP) is 1.26. The van der Waals surface area contributed by atoms with Gasteiger partial charge in [-0.25, -0.2) is 22.3 Å². The van der Waals surface area contributed by atoms with Crippen molar-refractivity contribution in [2.45, 2.75) is 4.90 Å². The molecule has 0 atom stereocenters. The van der Waals surface area contributed by atoms with Crippen LogP contribution < -0.4 is 10.5 Å². The number of pyridine rings is 1. The quantitative estimate of drug-likeness (QED) is 0.890. The van der Waals surface area contributed by atoms with Crippen LogP contribution in [0, 0.1) is 11.6 Å². The van der Waals surface area contributed by atoms with E-state index in [0.717, 1.165) is 30.5 Å². The lowest BCUT2D eigenvalue weighted by Gasteiger charge is -2.07. The number of sulfonamides is 1. The van der Waals surface area contributed by atoms with Gasteiger partial charge in [0.1, 0.15) is 10.7 Å². The van der Waals surface area contributed by atoms with Crippen LogP contribution in [0.5, 0.6) is 0 Å². The molecule has 3 N–H and O–H groups in total. The van der Waals surface area contributed by atoms with Crippen LogP contribution in [0.15, 0.2) is 41.6 Å². The van der Waals surface area contributed by atoms with E-state index >= 15 is 0 Å². The molecule has 0 unspecified atom stereocenters. The van der Waals surface area contributed by atoms with Crippen LogP contribution in [0.2, 0.25) is 0 Å². The zero-order valence-corrected chi connectivity index (χ0v) is 11.2. The van der Waals surface area contributed by atoms with Crippen molar-refractivity contribution in [1.29, 1.82) is 0 Å². The molecule has 21 heavy (non-hydrogen) atoms. The fraction of sp³-hybridized carbons (Fsp3) is 0. The topological polar surface area (TPSA) is 102 Å². The molecule has 1 aromatic carbocycles. The molecule has 0 saturated carbocycles. The molecule has 0 saturated heterocycles. The third kappa shape index (κ3) is 3.38. The third-order valence-corrected chi connectivity index (χ3v) is 3.46. The number of nitrogens with zero attached hydrogens (tertiary/aromatic N) is 1. The van der Waals surface area contributed by atoms with Crippen LogP contribution in [0.25, 0.3) is 0 Å². The summed E-state index contributed by atoms with van der Waals surface area (Å²) < 4.78 is 49.0. The van der Waals surface area contributed by atoms with Crippen LogP contribution in [-0.2, 0) is 10.0 Å². The van der Waals surface area contributed by atoms with E-state index in [1.807, 2.05) is 0 Å². The molecule has 1 aromatic heterocycles. The molecule has 2 rings (SSSR count). The van der Waals surface area contributed by atoms with E-state index < -0.39 is 32.5 Å². The van der Waals surface area contributed by atoms with Gasteiger partial charge in [-0.15, -0.1) is 0 Å². The summed E-state index contributed by atoms with van der Waals surface area (Å²) in [5.41, 5.74) is -0.318. The molecule has 2 aromatic rings. The van der Waals surface area contributed by atoms with Crippen molar-refractivity contribution in [3.63, 3.8) is 0 Å². The first kappa shape index (κ1) is 15.0. The zero-order valence-electron chi connectivity index (χ0n) is 10.4. The normalized spacial score (nSPS) is 11.2. The second-order valence-electron chi connectivity index (χ2n) is 4.00. The molecule has 0 spiro atoms. The number of rotatable bonds is 3. The number of nitrogens with one attached hydrogen (secondary N) is 1. The van der Waals surface area contributed by atoms with Crippen LogP contribution >= 0.6 is 0 Å². The monoisotopic (exact) mass is 313 g/mol. The maximum absolute atomic E-state index is 13.6. The SMILES string of the molecule is NS(=O)(=O)c1ccc(NC(=O)c2ccncc2F)cc1F. The van der Waals surface area contributed by atoms with Crippen molar-refractivity contribution in [1.82, 2.24) is 4.98 Å². The van der Waals surface area contributed by atoms with E-state index in [9.17, 15) is 22.0 Å². The number of anilines is 1. The Labute approximate surface area is 118 Å². The van der Waals surface area contributed by atoms with Crippen molar-refractivity contribution >= 4 is 21.6 Å². The zero-order chi connectivity index (χ0) is 15.6. The third-order valence-electron chi connectivity index (χ3n) is 2.51. The number of primary sulfonamides is 1. The van der Waals surface area contributed by atoms with E-state index in [1.54, 1.807) is 0 Å². The second kappa shape index (κ2) is 5.54. The summed E-state index contributed by atoms with van der Waals surface area (Å²) in [4.78, 5) is 14.6. The lowest BCUT2D eigenvalue weighted by Crippen LogP contribution is -2.16. The Hall–Kier alpha value is -2.39. The van der Waals surface area contributed by atoms with Gasteiger partial charge >= 0.3 is 0 Å². The van der Waals surface area contributed by atoms with Gasteiger partial charge in [0.25, 0.3) is 5.91 Å². The van der Waals surface area contributed by atoms with Crippen molar-refractivity contribution < 1.29 is 22.0 Å². The minimum atomic E-state index is -4.19. The molecule has 0 aliphatic rings. The number of nitrogens with two attached hydrogens (primary N) is 1. The highest BCUT2D eigenvalue weighted by molar-refractivity contribution is 7.89. The molecular weight excluding hydrogens is 304 g/mol. The lowest BCUT2D eigenvalue weighted by atomic mass is 10.2. The highest BCUT2D eigenvalue weighted by atomic mass is 32.2. The van der Waals surface area contributed by atoms with E-state index in [4.69, 9.17) is 5.14 Å². The van der Waals surface area contributed by atoms with Crippen molar-refractivity contribution in [3.05, 3.63) is 53.9 Å². The number of aromatic nitrogens is 1. The van der Waals surface area contributed by atoms with E-state index in [0.29, 0.717) is 0 Å². The number of hydrogen-bond acceptors (Lipinski definition) is 4. The Morgan fingerprint density at radius 2 is 1.90 bits per heavy atom. The van der Waals surface area contributed by atoms with E-state index in [2.05, 4.69) is 10.3 Å². The Balaban J connectivity index is 2.27. The number of hydrogen-bond donors (Lipinski definition) is 2. The number of halogens is 2. The summed E-state index contributed by atoms with van der Waals surface area (Å²) in [5.74, 6) is -2.78. The minimum Gasteiger partial charge on any atom is -0.322 e. The van der Waals surface area contributed by atoms with Gasteiger partial charge in [-0.2, -0.15) is 0 Å². The molecule has 0 aliphatic carbocycles. The van der Waals surface area contributed by atoms with Crippen LogP contribution in [0.1, 0.15) is 10.4 Å². The van der Waals surface area contributed by atoms with Crippen LogP contribution in [0.4, 0.5) is 14.5 Å². The maximum Gasteiger partial charge on any atom is 0.258 e. The molecule has 0 fully saturated rings.